The third-order valence-corrected chi connectivity index (χ3v) is 5.46. The molecule has 5 heteroatoms. The smallest absolute Gasteiger partial charge is 0.310 e. The Kier molecular flexibility index (Phi) is 3.27. The summed E-state index contributed by atoms with van der Waals surface area (Å²) < 4.78 is 0. The van der Waals surface area contributed by atoms with Crippen LogP contribution in [0.3, 0.4) is 0 Å². The Morgan fingerprint density at radius 2 is 1.95 bits per heavy atom. The van der Waals surface area contributed by atoms with E-state index >= 15 is 0 Å². The van der Waals surface area contributed by atoms with Gasteiger partial charge in [0, 0.05) is 5.41 Å². The number of hydrogen-bond donors (Lipinski definition) is 2. The molecule has 2 aliphatic carbocycles. The van der Waals surface area contributed by atoms with E-state index in [4.69, 9.17) is 10.2 Å². The number of carbonyl (C=O) groups excluding carboxylic acids is 1. The number of allylic oxidation sites excluding steroid dienone is 1. The van der Waals surface area contributed by atoms with Crippen LogP contribution < -0.4 is 0 Å². The first kappa shape index (κ1) is 14.8. The number of ketones is 1. The van der Waals surface area contributed by atoms with Gasteiger partial charge in [0.15, 0.2) is 5.78 Å². The highest BCUT2D eigenvalue weighted by molar-refractivity contribution is 6.05. The second-order valence-electron chi connectivity index (χ2n) is 6.64. The lowest BCUT2D eigenvalue weighted by Crippen LogP contribution is -2.32. The first-order valence-electron chi connectivity index (χ1n) is 6.82. The quantitative estimate of drug-likeness (QED) is 0.769. The van der Waals surface area contributed by atoms with Crippen LogP contribution in [-0.4, -0.2) is 27.9 Å². The van der Waals surface area contributed by atoms with Gasteiger partial charge in [-0.3, -0.25) is 14.4 Å². The Morgan fingerprint density at radius 1 is 1.35 bits per heavy atom. The van der Waals surface area contributed by atoms with Gasteiger partial charge in [0.25, 0.3) is 0 Å². The zero-order valence-corrected chi connectivity index (χ0v) is 12.0. The van der Waals surface area contributed by atoms with Crippen molar-refractivity contribution in [3.63, 3.8) is 0 Å². The van der Waals surface area contributed by atoms with Gasteiger partial charge in [0.2, 0.25) is 0 Å². The molecule has 20 heavy (non-hydrogen) atoms. The molecule has 0 amide bonds. The lowest BCUT2D eigenvalue weighted by Gasteiger charge is -2.31. The number of carbonyl (C=O) groups is 3. The van der Waals surface area contributed by atoms with E-state index in [1.54, 1.807) is 0 Å². The normalized spacial score (nSPS) is 34.5. The van der Waals surface area contributed by atoms with Crippen LogP contribution in [0.4, 0.5) is 0 Å². The van der Waals surface area contributed by atoms with Crippen molar-refractivity contribution in [1.29, 1.82) is 0 Å². The van der Waals surface area contributed by atoms with Crippen molar-refractivity contribution in [2.75, 3.05) is 0 Å². The van der Waals surface area contributed by atoms with Gasteiger partial charge in [-0.2, -0.15) is 0 Å². The summed E-state index contributed by atoms with van der Waals surface area (Å²) in [4.78, 5) is 34.4. The standard InChI is InChI=1S/C15H20O5/c1-14(2)10-4-5-15(14,3)12(18)9(10)6-8(13(19)20)7-11(16)17/h6,8,10H,4-5,7H2,1-3H3,(H,16,17)(H,19,20)/b9-6+/t8-,10-,15-/m0/s1. The predicted molar refractivity (Wildman–Crippen MR) is 71.1 cm³/mol. The lowest BCUT2D eigenvalue weighted by molar-refractivity contribution is -0.146. The molecule has 2 fully saturated rings. The monoisotopic (exact) mass is 280 g/mol. The minimum Gasteiger partial charge on any atom is -0.481 e. The molecule has 0 unspecified atom stereocenters. The minimum absolute atomic E-state index is 0.00427. The fourth-order valence-corrected chi connectivity index (χ4v) is 3.74. The maximum atomic E-state index is 12.5. The van der Waals surface area contributed by atoms with Gasteiger partial charge in [-0.05, 0) is 29.7 Å². The largest absolute Gasteiger partial charge is 0.481 e. The summed E-state index contributed by atoms with van der Waals surface area (Å²) in [6, 6.07) is 0. The van der Waals surface area contributed by atoms with Crippen molar-refractivity contribution in [2.24, 2.45) is 22.7 Å². The van der Waals surface area contributed by atoms with Gasteiger partial charge in [-0.15, -0.1) is 0 Å². The Bertz CT molecular complexity index is 516. The lowest BCUT2D eigenvalue weighted by atomic mass is 9.70. The summed E-state index contributed by atoms with van der Waals surface area (Å²) in [5.41, 5.74) is -0.116. The first-order chi connectivity index (χ1) is 9.11. The van der Waals surface area contributed by atoms with Crippen molar-refractivity contribution >= 4 is 17.7 Å². The number of Topliss-reactive ketones (excluding diaryl/α,β-unsaturated/α-hetero) is 1. The van der Waals surface area contributed by atoms with Gasteiger partial charge in [0.05, 0.1) is 12.3 Å². The molecular weight excluding hydrogens is 260 g/mol. The minimum atomic E-state index is -1.20. The van der Waals surface area contributed by atoms with Crippen LogP contribution in [-0.2, 0) is 14.4 Å². The van der Waals surface area contributed by atoms with E-state index in [0.29, 0.717) is 5.57 Å². The average molecular weight is 280 g/mol. The molecule has 0 spiro atoms. The molecule has 110 valence electrons. The zero-order chi connectivity index (χ0) is 15.3. The molecule has 5 nitrogen and oxygen atoms in total. The third kappa shape index (κ3) is 1.87. The van der Waals surface area contributed by atoms with Crippen molar-refractivity contribution in [2.45, 2.75) is 40.0 Å². The number of aliphatic carboxylic acids is 2. The Morgan fingerprint density at radius 3 is 2.35 bits per heavy atom. The summed E-state index contributed by atoms with van der Waals surface area (Å²) in [7, 11) is 0. The van der Waals surface area contributed by atoms with Crippen LogP contribution in [0, 0.1) is 22.7 Å². The van der Waals surface area contributed by atoms with Crippen LogP contribution in [0.1, 0.15) is 40.0 Å². The van der Waals surface area contributed by atoms with E-state index < -0.39 is 29.7 Å². The maximum absolute atomic E-state index is 12.5. The van der Waals surface area contributed by atoms with E-state index in [2.05, 4.69) is 0 Å². The van der Waals surface area contributed by atoms with E-state index in [1.807, 2.05) is 20.8 Å². The van der Waals surface area contributed by atoms with Crippen LogP contribution in [0.15, 0.2) is 11.6 Å². The summed E-state index contributed by atoms with van der Waals surface area (Å²) in [6.07, 6.45) is 2.57. The fraction of sp³-hybridized carbons (Fsp3) is 0.667. The molecule has 2 aliphatic rings. The topological polar surface area (TPSA) is 91.7 Å². The molecule has 0 aromatic heterocycles. The molecule has 2 N–H and O–H groups in total. The molecule has 2 rings (SSSR count). The number of rotatable bonds is 4. The van der Waals surface area contributed by atoms with Crippen molar-refractivity contribution in [1.82, 2.24) is 0 Å². The molecule has 0 aliphatic heterocycles. The van der Waals surface area contributed by atoms with Crippen LogP contribution >= 0.6 is 0 Å². The highest BCUT2D eigenvalue weighted by Gasteiger charge is 2.63. The predicted octanol–water partition coefficient (Wildman–Crippen LogP) is 2.11. The number of carboxylic acids is 2. The number of carboxylic acid groups (broad SMARTS) is 2. The molecular formula is C15H20O5. The summed E-state index contributed by atoms with van der Waals surface area (Å²) in [6.45, 7) is 6.01. The fourth-order valence-electron chi connectivity index (χ4n) is 3.74. The van der Waals surface area contributed by atoms with Crippen molar-refractivity contribution < 1.29 is 24.6 Å². The molecule has 0 aromatic rings. The van der Waals surface area contributed by atoms with Crippen LogP contribution in [0.5, 0.6) is 0 Å². The Hall–Kier alpha value is -1.65. The molecule has 2 saturated carbocycles. The molecule has 3 atom stereocenters. The second kappa shape index (κ2) is 4.43. The first-order valence-corrected chi connectivity index (χ1v) is 6.82. The van der Waals surface area contributed by atoms with Gasteiger partial charge in [0.1, 0.15) is 0 Å². The summed E-state index contributed by atoms with van der Waals surface area (Å²) >= 11 is 0. The van der Waals surface area contributed by atoms with E-state index in [9.17, 15) is 14.4 Å². The molecule has 2 bridgehead atoms. The van der Waals surface area contributed by atoms with E-state index in [0.717, 1.165) is 12.8 Å². The molecule has 0 saturated heterocycles. The SMILES string of the molecule is CC1(C)[C@H]2CC[C@@]1(C)C(=O)/C2=C/[C@@H](CC(=O)O)C(=O)O. The Balaban J connectivity index is 2.38. The van der Waals surface area contributed by atoms with Gasteiger partial charge in [-0.1, -0.05) is 26.8 Å². The van der Waals surface area contributed by atoms with Gasteiger partial charge >= 0.3 is 11.9 Å². The third-order valence-electron chi connectivity index (χ3n) is 5.46. The van der Waals surface area contributed by atoms with Crippen LogP contribution in [0.25, 0.3) is 0 Å². The average Bonchev–Trinajstić information content (AvgIpc) is 2.62. The highest BCUT2D eigenvalue weighted by atomic mass is 16.4. The maximum Gasteiger partial charge on any atom is 0.310 e. The molecule has 0 heterocycles. The van der Waals surface area contributed by atoms with E-state index in [-0.39, 0.29) is 17.1 Å². The van der Waals surface area contributed by atoms with Crippen LogP contribution in [0.2, 0.25) is 0 Å². The van der Waals surface area contributed by atoms with Gasteiger partial charge < -0.3 is 10.2 Å². The Labute approximate surface area is 117 Å². The summed E-state index contributed by atoms with van der Waals surface area (Å²) in [5, 5.41) is 17.9. The highest BCUT2D eigenvalue weighted by Crippen LogP contribution is 2.65. The van der Waals surface area contributed by atoms with E-state index in [1.165, 1.54) is 6.08 Å². The molecule has 0 radical (unpaired) electrons. The van der Waals surface area contributed by atoms with Crippen molar-refractivity contribution in [3.05, 3.63) is 11.6 Å². The number of fused-ring (bicyclic) bond motifs is 2. The zero-order valence-electron chi connectivity index (χ0n) is 12.0. The number of hydrogen-bond acceptors (Lipinski definition) is 3. The molecule has 0 aromatic carbocycles. The summed E-state index contributed by atoms with van der Waals surface area (Å²) in [5.74, 6) is -3.47. The van der Waals surface area contributed by atoms with Gasteiger partial charge in [-0.25, -0.2) is 0 Å². The second-order valence-corrected chi connectivity index (χ2v) is 6.64. The van der Waals surface area contributed by atoms with Crippen molar-refractivity contribution in [3.8, 4) is 0 Å².